The zero-order valence-corrected chi connectivity index (χ0v) is 12.2. The van der Waals surface area contributed by atoms with Gasteiger partial charge < -0.3 is 14.7 Å². The van der Waals surface area contributed by atoms with Gasteiger partial charge in [0.2, 0.25) is 0 Å². The molecule has 0 radical (unpaired) electrons. The molecule has 3 aliphatic rings. The zero-order valence-electron chi connectivity index (χ0n) is 11.3. The Bertz CT molecular complexity index is 430. The normalized spacial score (nSPS) is 28.8. The summed E-state index contributed by atoms with van der Waals surface area (Å²) in [6, 6.07) is 6.13. The number of benzene rings is 1. The van der Waals surface area contributed by atoms with E-state index in [0.717, 1.165) is 23.7 Å². The van der Waals surface area contributed by atoms with Gasteiger partial charge in [0.1, 0.15) is 11.5 Å². The summed E-state index contributed by atoms with van der Waals surface area (Å²) in [6.07, 6.45) is 4.96. The van der Waals surface area contributed by atoms with Crippen molar-refractivity contribution in [3.63, 3.8) is 0 Å². The van der Waals surface area contributed by atoms with Gasteiger partial charge in [0, 0.05) is 6.04 Å². The summed E-state index contributed by atoms with van der Waals surface area (Å²) >= 11 is 0. The standard InChI is InChI=1S/C15H21NO2.ClH/c1-18-14-2-3-15(17)12(10-14)9-13-8-11-4-6-16(13)7-5-11;/h2-3,10-11,13,17H,4-9H2,1H3;1H. The van der Waals surface area contributed by atoms with E-state index < -0.39 is 0 Å². The molecule has 3 nitrogen and oxygen atoms in total. The number of aromatic hydroxyl groups is 1. The largest absolute Gasteiger partial charge is 0.508 e. The first-order chi connectivity index (χ1) is 8.76. The van der Waals surface area contributed by atoms with Crippen LogP contribution >= 0.6 is 12.4 Å². The molecule has 1 N–H and O–H groups in total. The molecule has 0 saturated carbocycles. The van der Waals surface area contributed by atoms with E-state index in [1.54, 1.807) is 13.2 Å². The molecular weight excluding hydrogens is 262 g/mol. The molecule has 3 aliphatic heterocycles. The molecule has 4 rings (SSSR count). The van der Waals surface area contributed by atoms with Crippen molar-refractivity contribution in [1.82, 2.24) is 4.90 Å². The van der Waals surface area contributed by atoms with Crippen LogP contribution in [0.15, 0.2) is 18.2 Å². The molecule has 4 heteroatoms. The molecule has 1 aromatic carbocycles. The van der Waals surface area contributed by atoms with Gasteiger partial charge >= 0.3 is 0 Å². The number of piperidine rings is 3. The van der Waals surface area contributed by atoms with E-state index in [-0.39, 0.29) is 12.4 Å². The second-order valence-corrected chi connectivity index (χ2v) is 5.57. The summed E-state index contributed by atoms with van der Waals surface area (Å²) < 4.78 is 5.24. The summed E-state index contributed by atoms with van der Waals surface area (Å²) in [5.41, 5.74) is 1.02. The lowest BCUT2D eigenvalue weighted by Crippen LogP contribution is -2.49. The highest BCUT2D eigenvalue weighted by atomic mass is 35.5. The van der Waals surface area contributed by atoms with E-state index in [0.29, 0.717) is 11.8 Å². The first kappa shape index (κ1) is 14.5. The molecular formula is C15H22ClNO2. The quantitative estimate of drug-likeness (QED) is 0.926. The van der Waals surface area contributed by atoms with Gasteiger partial charge in [-0.3, -0.25) is 0 Å². The van der Waals surface area contributed by atoms with Crippen molar-refractivity contribution in [3.8, 4) is 11.5 Å². The lowest BCUT2D eigenvalue weighted by molar-refractivity contribution is 0.0495. The van der Waals surface area contributed by atoms with Gasteiger partial charge in [-0.1, -0.05) is 0 Å². The van der Waals surface area contributed by atoms with Gasteiger partial charge in [0.25, 0.3) is 0 Å². The predicted molar refractivity (Wildman–Crippen MR) is 78.3 cm³/mol. The third-order valence-electron chi connectivity index (χ3n) is 4.51. The van der Waals surface area contributed by atoms with Crippen LogP contribution in [0.4, 0.5) is 0 Å². The number of phenolic OH excluding ortho intramolecular Hbond substituents is 1. The van der Waals surface area contributed by atoms with Crippen molar-refractivity contribution in [1.29, 1.82) is 0 Å². The minimum atomic E-state index is 0. The van der Waals surface area contributed by atoms with Crippen molar-refractivity contribution in [2.45, 2.75) is 31.7 Å². The van der Waals surface area contributed by atoms with Crippen molar-refractivity contribution in [2.75, 3.05) is 20.2 Å². The number of fused-ring (bicyclic) bond motifs is 3. The fourth-order valence-corrected chi connectivity index (χ4v) is 3.41. The van der Waals surface area contributed by atoms with Crippen LogP contribution < -0.4 is 4.74 Å². The Hall–Kier alpha value is -0.930. The van der Waals surface area contributed by atoms with E-state index in [4.69, 9.17) is 4.74 Å². The summed E-state index contributed by atoms with van der Waals surface area (Å²) in [4.78, 5) is 2.58. The number of ether oxygens (including phenoxy) is 1. The van der Waals surface area contributed by atoms with Gasteiger partial charge in [-0.25, -0.2) is 0 Å². The third-order valence-corrected chi connectivity index (χ3v) is 4.51. The molecule has 19 heavy (non-hydrogen) atoms. The Balaban J connectivity index is 0.00000133. The fourth-order valence-electron chi connectivity index (χ4n) is 3.41. The van der Waals surface area contributed by atoms with Gasteiger partial charge in [-0.2, -0.15) is 0 Å². The van der Waals surface area contributed by atoms with Gasteiger partial charge in [-0.05, 0) is 68.5 Å². The summed E-state index contributed by atoms with van der Waals surface area (Å²) in [7, 11) is 1.67. The highest BCUT2D eigenvalue weighted by Gasteiger charge is 2.33. The molecule has 3 saturated heterocycles. The molecule has 0 amide bonds. The van der Waals surface area contributed by atoms with Crippen LogP contribution in [0.3, 0.4) is 0 Å². The zero-order chi connectivity index (χ0) is 12.5. The smallest absolute Gasteiger partial charge is 0.119 e. The Morgan fingerprint density at radius 3 is 2.63 bits per heavy atom. The maximum atomic E-state index is 9.96. The molecule has 0 aliphatic carbocycles. The number of phenols is 1. The first-order valence-corrected chi connectivity index (χ1v) is 6.86. The van der Waals surface area contributed by atoms with E-state index in [1.807, 2.05) is 12.1 Å². The second-order valence-electron chi connectivity index (χ2n) is 5.57. The topological polar surface area (TPSA) is 32.7 Å². The Labute approximate surface area is 121 Å². The maximum Gasteiger partial charge on any atom is 0.119 e. The van der Waals surface area contributed by atoms with Crippen LogP contribution in [0.25, 0.3) is 0 Å². The highest BCUT2D eigenvalue weighted by Crippen LogP contribution is 2.35. The van der Waals surface area contributed by atoms with Crippen molar-refractivity contribution < 1.29 is 9.84 Å². The molecule has 106 valence electrons. The average Bonchev–Trinajstić information content (AvgIpc) is 2.43. The van der Waals surface area contributed by atoms with Crippen molar-refractivity contribution in [3.05, 3.63) is 23.8 Å². The Morgan fingerprint density at radius 2 is 2.05 bits per heavy atom. The molecule has 0 spiro atoms. The number of hydrogen-bond acceptors (Lipinski definition) is 3. The van der Waals surface area contributed by atoms with Crippen LogP contribution in [0.1, 0.15) is 24.8 Å². The highest BCUT2D eigenvalue weighted by molar-refractivity contribution is 5.85. The average molecular weight is 284 g/mol. The van der Waals surface area contributed by atoms with Crippen LogP contribution in [-0.2, 0) is 6.42 Å². The molecule has 3 heterocycles. The van der Waals surface area contributed by atoms with Crippen molar-refractivity contribution >= 4 is 12.4 Å². The second kappa shape index (κ2) is 6.02. The number of nitrogens with zero attached hydrogens (tertiary/aromatic N) is 1. The molecule has 1 aromatic rings. The number of hydrogen-bond donors (Lipinski definition) is 1. The van der Waals surface area contributed by atoms with E-state index in [2.05, 4.69) is 4.90 Å². The Kier molecular flexibility index (Phi) is 4.58. The number of halogens is 1. The summed E-state index contributed by atoms with van der Waals surface area (Å²) in [5, 5.41) is 9.96. The number of rotatable bonds is 3. The molecule has 3 fully saturated rings. The van der Waals surface area contributed by atoms with Crippen molar-refractivity contribution in [2.24, 2.45) is 5.92 Å². The predicted octanol–water partition coefficient (Wildman–Crippen LogP) is 2.85. The fraction of sp³-hybridized carbons (Fsp3) is 0.600. The summed E-state index contributed by atoms with van der Waals surface area (Å²) in [6.45, 7) is 2.47. The van der Waals surface area contributed by atoms with Gasteiger partial charge in [0.05, 0.1) is 7.11 Å². The monoisotopic (exact) mass is 283 g/mol. The van der Waals surface area contributed by atoms with Crippen LogP contribution in [0.5, 0.6) is 11.5 Å². The SMILES string of the molecule is COc1ccc(O)c(CC2CC3CCN2CC3)c1.Cl. The lowest BCUT2D eigenvalue weighted by Gasteiger charge is -2.45. The summed E-state index contributed by atoms with van der Waals surface area (Å²) in [5.74, 6) is 2.14. The van der Waals surface area contributed by atoms with E-state index >= 15 is 0 Å². The Morgan fingerprint density at radius 1 is 1.32 bits per heavy atom. The molecule has 1 atom stereocenters. The minimum Gasteiger partial charge on any atom is -0.508 e. The third kappa shape index (κ3) is 2.98. The molecule has 0 aromatic heterocycles. The number of methoxy groups -OCH3 is 1. The van der Waals surface area contributed by atoms with Crippen LogP contribution in [0.2, 0.25) is 0 Å². The lowest BCUT2D eigenvalue weighted by atomic mass is 9.81. The van der Waals surface area contributed by atoms with E-state index in [1.165, 1.54) is 32.4 Å². The van der Waals surface area contributed by atoms with Crippen LogP contribution in [-0.4, -0.2) is 36.2 Å². The van der Waals surface area contributed by atoms with Gasteiger partial charge in [0.15, 0.2) is 0 Å². The maximum absolute atomic E-state index is 9.96. The first-order valence-electron chi connectivity index (χ1n) is 6.86. The minimum absolute atomic E-state index is 0. The molecule has 1 unspecified atom stereocenters. The van der Waals surface area contributed by atoms with Gasteiger partial charge in [-0.15, -0.1) is 12.4 Å². The van der Waals surface area contributed by atoms with Crippen LogP contribution in [0, 0.1) is 5.92 Å². The molecule has 2 bridgehead atoms. The van der Waals surface area contributed by atoms with E-state index in [9.17, 15) is 5.11 Å².